The predicted octanol–water partition coefficient (Wildman–Crippen LogP) is 5.10. The smallest absolute Gasteiger partial charge is 0.251 e. The van der Waals surface area contributed by atoms with Crippen LogP contribution in [0.1, 0.15) is 22.7 Å². The highest BCUT2D eigenvalue weighted by atomic mass is 16.2. The van der Waals surface area contributed by atoms with Gasteiger partial charge in [0.1, 0.15) is 6.04 Å². The van der Waals surface area contributed by atoms with E-state index in [1.54, 1.807) is 0 Å². The SMILES string of the molecule is Cc1ccc(C)c(NC(=O)[C@H](Nc2ccccc2)c2ccccc2)c1. The van der Waals surface area contributed by atoms with Gasteiger partial charge < -0.3 is 10.6 Å². The molecule has 0 aliphatic heterocycles. The van der Waals surface area contributed by atoms with Crippen molar-refractivity contribution < 1.29 is 4.79 Å². The summed E-state index contributed by atoms with van der Waals surface area (Å²) in [5.41, 5.74) is 4.85. The lowest BCUT2D eigenvalue weighted by molar-refractivity contribution is -0.117. The van der Waals surface area contributed by atoms with E-state index in [1.807, 2.05) is 92.7 Å². The van der Waals surface area contributed by atoms with E-state index < -0.39 is 6.04 Å². The van der Waals surface area contributed by atoms with Gasteiger partial charge in [-0.25, -0.2) is 0 Å². The van der Waals surface area contributed by atoms with Gasteiger partial charge in [0.2, 0.25) is 0 Å². The third kappa shape index (κ3) is 4.27. The Labute approximate surface area is 148 Å². The zero-order chi connectivity index (χ0) is 17.6. The summed E-state index contributed by atoms with van der Waals surface area (Å²) in [5, 5.41) is 6.41. The molecule has 25 heavy (non-hydrogen) atoms. The normalized spacial score (nSPS) is 11.6. The van der Waals surface area contributed by atoms with E-state index in [4.69, 9.17) is 0 Å². The van der Waals surface area contributed by atoms with Crippen LogP contribution >= 0.6 is 0 Å². The molecule has 3 rings (SSSR count). The van der Waals surface area contributed by atoms with Crippen molar-refractivity contribution in [2.24, 2.45) is 0 Å². The van der Waals surface area contributed by atoms with Gasteiger partial charge in [-0.3, -0.25) is 4.79 Å². The summed E-state index contributed by atoms with van der Waals surface area (Å²) in [4.78, 5) is 13.0. The van der Waals surface area contributed by atoms with E-state index in [2.05, 4.69) is 10.6 Å². The Hall–Kier alpha value is -3.07. The van der Waals surface area contributed by atoms with Crippen molar-refractivity contribution in [3.8, 4) is 0 Å². The van der Waals surface area contributed by atoms with E-state index in [9.17, 15) is 4.79 Å². The maximum atomic E-state index is 13.0. The molecule has 3 aromatic rings. The van der Waals surface area contributed by atoms with Crippen LogP contribution in [0.5, 0.6) is 0 Å². The molecule has 3 aromatic carbocycles. The zero-order valence-corrected chi connectivity index (χ0v) is 14.5. The third-order valence-electron chi connectivity index (χ3n) is 4.13. The largest absolute Gasteiger partial charge is 0.370 e. The van der Waals surface area contributed by atoms with E-state index in [-0.39, 0.29) is 5.91 Å². The number of aryl methyl sites for hydroxylation is 2. The number of carbonyl (C=O) groups excluding carboxylic acids is 1. The minimum Gasteiger partial charge on any atom is -0.370 e. The van der Waals surface area contributed by atoms with Gasteiger partial charge in [-0.1, -0.05) is 60.7 Å². The fourth-order valence-corrected chi connectivity index (χ4v) is 2.72. The van der Waals surface area contributed by atoms with Gasteiger partial charge in [0, 0.05) is 11.4 Å². The van der Waals surface area contributed by atoms with Crippen molar-refractivity contribution in [3.05, 3.63) is 95.6 Å². The molecule has 1 amide bonds. The second-order valence-electron chi connectivity index (χ2n) is 6.16. The molecular weight excluding hydrogens is 308 g/mol. The highest BCUT2D eigenvalue weighted by Crippen LogP contribution is 2.23. The third-order valence-corrected chi connectivity index (χ3v) is 4.13. The fourth-order valence-electron chi connectivity index (χ4n) is 2.72. The highest BCUT2D eigenvalue weighted by molar-refractivity contribution is 5.97. The molecule has 0 aliphatic rings. The van der Waals surface area contributed by atoms with Gasteiger partial charge in [0.25, 0.3) is 5.91 Å². The molecule has 3 heteroatoms. The number of anilines is 2. The highest BCUT2D eigenvalue weighted by Gasteiger charge is 2.21. The molecule has 0 spiro atoms. The van der Waals surface area contributed by atoms with Gasteiger partial charge in [-0.15, -0.1) is 0 Å². The van der Waals surface area contributed by atoms with E-state index >= 15 is 0 Å². The van der Waals surface area contributed by atoms with E-state index in [0.717, 1.165) is 28.1 Å². The molecular formula is C22H22N2O. The summed E-state index contributed by atoms with van der Waals surface area (Å²) in [7, 11) is 0. The number of hydrogen-bond acceptors (Lipinski definition) is 2. The number of benzene rings is 3. The van der Waals surface area contributed by atoms with Gasteiger partial charge in [-0.2, -0.15) is 0 Å². The van der Waals surface area contributed by atoms with Crippen LogP contribution in [-0.4, -0.2) is 5.91 Å². The minimum atomic E-state index is -0.469. The quantitative estimate of drug-likeness (QED) is 0.684. The molecule has 0 saturated carbocycles. The molecule has 0 heterocycles. The van der Waals surface area contributed by atoms with Crippen LogP contribution in [0.3, 0.4) is 0 Å². The fraction of sp³-hybridized carbons (Fsp3) is 0.136. The molecule has 0 aromatic heterocycles. The summed E-state index contributed by atoms with van der Waals surface area (Å²) >= 11 is 0. The lowest BCUT2D eigenvalue weighted by Crippen LogP contribution is -2.27. The summed E-state index contributed by atoms with van der Waals surface area (Å²) < 4.78 is 0. The first-order chi connectivity index (χ1) is 12.1. The number of hydrogen-bond donors (Lipinski definition) is 2. The van der Waals surface area contributed by atoms with Crippen molar-refractivity contribution in [1.82, 2.24) is 0 Å². The maximum absolute atomic E-state index is 13.0. The van der Waals surface area contributed by atoms with Crippen LogP contribution < -0.4 is 10.6 Å². The molecule has 0 aliphatic carbocycles. The predicted molar refractivity (Wildman–Crippen MR) is 104 cm³/mol. The van der Waals surface area contributed by atoms with Crippen LogP contribution in [0.4, 0.5) is 11.4 Å². The van der Waals surface area contributed by atoms with Crippen molar-refractivity contribution in [2.75, 3.05) is 10.6 Å². The molecule has 126 valence electrons. The summed E-state index contributed by atoms with van der Waals surface area (Å²) in [6.45, 7) is 4.02. The van der Waals surface area contributed by atoms with Gasteiger partial charge in [0.05, 0.1) is 0 Å². The molecule has 2 N–H and O–H groups in total. The van der Waals surface area contributed by atoms with Crippen molar-refractivity contribution in [1.29, 1.82) is 0 Å². The Balaban J connectivity index is 1.88. The Morgan fingerprint density at radius 1 is 0.840 bits per heavy atom. The van der Waals surface area contributed by atoms with Crippen LogP contribution in [0, 0.1) is 13.8 Å². The molecule has 0 unspecified atom stereocenters. The minimum absolute atomic E-state index is 0.0799. The van der Waals surface area contributed by atoms with Crippen molar-refractivity contribution >= 4 is 17.3 Å². The summed E-state index contributed by atoms with van der Waals surface area (Å²) in [6, 6.07) is 25.1. The first-order valence-corrected chi connectivity index (χ1v) is 8.38. The van der Waals surface area contributed by atoms with Crippen LogP contribution in [0.15, 0.2) is 78.9 Å². The van der Waals surface area contributed by atoms with Crippen LogP contribution in [0.25, 0.3) is 0 Å². The number of para-hydroxylation sites is 1. The monoisotopic (exact) mass is 330 g/mol. The number of nitrogens with one attached hydrogen (secondary N) is 2. The standard InChI is InChI=1S/C22H22N2O/c1-16-13-14-17(2)20(15-16)24-22(25)21(18-9-5-3-6-10-18)23-19-11-7-4-8-12-19/h3-15,21,23H,1-2H3,(H,24,25)/t21-/m1/s1. The Morgan fingerprint density at radius 2 is 1.48 bits per heavy atom. The first-order valence-electron chi connectivity index (χ1n) is 8.38. The molecule has 3 nitrogen and oxygen atoms in total. The number of carbonyl (C=O) groups is 1. The van der Waals surface area contributed by atoms with Gasteiger partial charge >= 0.3 is 0 Å². The van der Waals surface area contributed by atoms with Crippen LogP contribution in [0.2, 0.25) is 0 Å². The van der Waals surface area contributed by atoms with Crippen molar-refractivity contribution in [2.45, 2.75) is 19.9 Å². The average molecular weight is 330 g/mol. The topological polar surface area (TPSA) is 41.1 Å². The lowest BCUT2D eigenvalue weighted by Gasteiger charge is -2.21. The summed E-state index contributed by atoms with van der Waals surface area (Å²) in [5.74, 6) is -0.0799. The average Bonchev–Trinajstić information content (AvgIpc) is 2.64. The van der Waals surface area contributed by atoms with Gasteiger partial charge in [0.15, 0.2) is 0 Å². The lowest BCUT2D eigenvalue weighted by atomic mass is 10.0. The Bertz CT molecular complexity index is 844. The molecule has 0 radical (unpaired) electrons. The second-order valence-corrected chi connectivity index (χ2v) is 6.16. The Morgan fingerprint density at radius 3 is 2.16 bits per heavy atom. The van der Waals surface area contributed by atoms with Gasteiger partial charge in [-0.05, 0) is 48.7 Å². The maximum Gasteiger partial charge on any atom is 0.251 e. The molecule has 0 saturated heterocycles. The van der Waals surface area contributed by atoms with E-state index in [0.29, 0.717) is 0 Å². The first kappa shape index (κ1) is 16.8. The second kappa shape index (κ2) is 7.67. The summed E-state index contributed by atoms with van der Waals surface area (Å²) in [6.07, 6.45) is 0. The van der Waals surface area contributed by atoms with E-state index in [1.165, 1.54) is 0 Å². The van der Waals surface area contributed by atoms with Crippen molar-refractivity contribution in [3.63, 3.8) is 0 Å². The molecule has 1 atom stereocenters. The van der Waals surface area contributed by atoms with Crippen LogP contribution in [-0.2, 0) is 4.79 Å². The Kier molecular flexibility index (Phi) is 5.14. The molecule has 0 bridgehead atoms. The number of amides is 1. The zero-order valence-electron chi connectivity index (χ0n) is 14.5. The molecule has 0 fully saturated rings. The number of rotatable bonds is 5.